The molecule has 0 atom stereocenters. The molecule has 0 bridgehead atoms. The Kier molecular flexibility index (Phi) is 4.15. The molecule has 0 saturated carbocycles. The molecule has 0 unspecified atom stereocenters. The van der Waals surface area contributed by atoms with E-state index in [0.29, 0.717) is 12.1 Å². The normalized spacial score (nSPS) is 16.0. The summed E-state index contributed by atoms with van der Waals surface area (Å²) in [6.45, 7) is 0.738. The van der Waals surface area contributed by atoms with Gasteiger partial charge in [0.15, 0.2) is 0 Å². The zero-order valence-electron chi connectivity index (χ0n) is 15.7. The van der Waals surface area contributed by atoms with Gasteiger partial charge in [0.25, 0.3) is 0 Å². The number of aryl methyl sites for hydroxylation is 2. The second-order valence-electron chi connectivity index (χ2n) is 7.66. The van der Waals surface area contributed by atoms with Crippen LogP contribution >= 0.6 is 0 Å². The van der Waals surface area contributed by atoms with Crippen LogP contribution in [0.5, 0.6) is 0 Å². The van der Waals surface area contributed by atoms with Crippen LogP contribution in [0.3, 0.4) is 0 Å². The summed E-state index contributed by atoms with van der Waals surface area (Å²) >= 11 is 0. The lowest BCUT2D eigenvalue weighted by Crippen LogP contribution is -2.23. The second kappa shape index (κ2) is 6.82. The molecule has 5 nitrogen and oxygen atoms in total. The number of carbonyl (C=O) groups excluding carboxylic acids is 2. The van der Waals surface area contributed by atoms with E-state index in [0.717, 1.165) is 48.0 Å². The Morgan fingerprint density at radius 2 is 1.93 bits per heavy atom. The first-order chi connectivity index (χ1) is 13.7. The van der Waals surface area contributed by atoms with Crippen molar-refractivity contribution >= 4 is 34.2 Å². The molecule has 2 aromatic carbocycles. The molecular weight excluding hydrogens is 352 g/mol. The number of nitrogens with zero attached hydrogens (tertiary/aromatic N) is 1. The Morgan fingerprint density at radius 3 is 2.75 bits per heavy atom. The van der Waals surface area contributed by atoms with Crippen LogP contribution in [0.1, 0.15) is 36.0 Å². The van der Waals surface area contributed by atoms with Crippen molar-refractivity contribution in [2.75, 3.05) is 16.8 Å². The van der Waals surface area contributed by atoms with Crippen molar-refractivity contribution in [2.24, 2.45) is 0 Å². The number of carbonyl (C=O) groups is 2. The summed E-state index contributed by atoms with van der Waals surface area (Å²) in [6.07, 6.45) is 6.83. The molecule has 2 aliphatic rings. The maximum Gasteiger partial charge on any atom is 0.228 e. The Labute approximate surface area is 163 Å². The van der Waals surface area contributed by atoms with E-state index in [-0.39, 0.29) is 18.2 Å². The minimum Gasteiger partial charge on any atom is -0.464 e. The Balaban J connectivity index is 1.33. The van der Waals surface area contributed by atoms with Crippen LogP contribution < -0.4 is 10.2 Å². The zero-order chi connectivity index (χ0) is 19.1. The molecule has 0 spiro atoms. The maximum atomic E-state index is 12.6. The van der Waals surface area contributed by atoms with Crippen molar-refractivity contribution in [3.05, 3.63) is 59.4 Å². The number of amides is 2. The van der Waals surface area contributed by atoms with Crippen LogP contribution in [0.25, 0.3) is 11.0 Å². The Hall–Kier alpha value is -3.08. The highest BCUT2D eigenvalue weighted by Gasteiger charge is 2.22. The van der Waals surface area contributed by atoms with E-state index < -0.39 is 0 Å². The van der Waals surface area contributed by atoms with Crippen molar-refractivity contribution in [3.63, 3.8) is 0 Å². The van der Waals surface area contributed by atoms with Crippen LogP contribution in [0.2, 0.25) is 0 Å². The van der Waals surface area contributed by atoms with Crippen molar-refractivity contribution in [1.82, 2.24) is 0 Å². The van der Waals surface area contributed by atoms with Gasteiger partial charge in [0.1, 0.15) is 5.58 Å². The molecule has 1 fully saturated rings. The number of furan rings is 1. The van der Waals surface area contributed by atoms with Gasteiger partial charge in [0.05, 0.1) is 12.7 Å². The van der Waals surface area contributed by atoms with E-state index in [9.17, 15) is 9.59 Å². The number of fused-ring (bicyclic) bond motifs is 2. The summed E-state index contributed by atoms with van der Waals surface area (Å²) in [7, 11) is 0. The number of hydrogen-bond donors (Lipinski definition) is 1. The number of anilines is 2. The summed E-state index contributed by atoms with van der Waals surface area (Å²) in [5.41, 5.74) is 6.05. The van der Waals surface area contributed by atoms with Gasteiger partial charge in [-0.05, 0) is 67.1 Å². The molecule has 2 amide bonds. The van der Waals surface area contributed by atoms with Gasteiger partial charge < -0.3 is 14.6 Å². The predicted molar refractivity (Wildman–Crippen MR) is 109 cm³/mol. The van der Waals surface area contributed by atoms with E-state index >= 15 is 0 Å². The minimum atomic E-state index is -0.0897. The van der Waals surface area contributed by atoms with Gasteiger partial charge in [-0.25, -0.2) is 0 Å². The SMILES string of the molecule is O=C(Cc1coc2cc3c(cc12)CCC3)Nc1cccc(N2CCCC2=O)c1. The standard InChI is InChI=1S/C23H22N2O3/c26-22(24-18-6-2-7-19(13-18)25-9-3-8-23(25)27)12-17-14-28-21-11-16-5-1-4-15(16)10-20(17)21/h2,6-7,10-11,13-14H,1,3-5,8-9,12H2,(H,24,26). The lowest BCUT2D eigenvalue weighted by atomic mass is 10.0. The van der Waals surface area contributed by atoms with Gasteiger partial charge in [-0.15, -0.1) is 0 Å². The molecule has 1 aliphatic heterocycles. The molecule has 142 valence electrons. The smallest absolute Gasteiger partial charge is 0.228 e. The average molecular weight is 374 g/mol. The van der Waals surface area contributed by atoms with Gasteiger partial charge in [0, 0.05) is 35.3 Å². The average Bonchev–Trinajstić information content (AvgIpc) is 3.40. The number of benzene rings is 2. The highest BCUT2D eigenvalue weighted by molar-refractivity contribution is 5.98. The van der Waals surface area contributed by atoms with Crippen LogP contribution in [0.15, 0.2) is 47.1 Å². The topological polar surface area (TPSA) is 62.6 Å². The first-order valence-corrected chi connectivity index (χ1v) is 9.89. The molecule has 1 saturated heterocycles. The zero-order valence-corrected chi connectivity index (χ0v) is 15.7. The lowest BCUT2D eigenvalue weighted by molar-refractivity contribution is -0.117. The minimum absolute atomic E-state index is 0.0897. The van der Waals surface area contributed by atoms with Crippen molar-refractivity contribution in [2.45, 2.75) is 38.5 Å². The molecule has 1 aliphatic carbocycles. The van der Waals surface area contributed by atoms with Gasteiger partial charge in [-0.3, -0.25) is 9.59 Å². The molecular formula is C23H22N2O3. The number of nitrogens with one attached hydrogen (secondary N) is 1. The van der Waals surface area contributed by atoms with E-state index in [2.05, 4.69) is 17.4 Å². The molecule has 1 aromatic heterocycles. The number of rotatable bonds is 4. The molecule has 5 rings (SSSR count). The maximum absolute atomic E-state index is 12.6. The predicted octanol–water partition coefficient (Wildman–Crippen LogP) is 4.23. The van der Waals surface area contributed by atoms with Gasteiger partial charge in [0.2, 0.25) is 11.8 Å². The third-order valence-electron chi connectivity index (χ3n) is 5.73. The van der Waals surface area contributed by atoms with E-state index in [1.54, 1.807) is 11.2 Å². The van der Waals surface area contributed by atoms with E-state index in [4.69, 9.17) is 4.42 Å². The van der Waals surface area contributed by atoms with Gasteiger partial charge >= 0.3 is 0 Å². The fraction of sp³-hybridized carbons (Fsp3) is 0.304. The summed E-state index contributed by atoms with van der Waals surface area (Å²) in [6, 6.07) is 11.8. The molecule has 1 N–H and O–H groups in total. The quantitative estimate of drug-likeness (QED) is 0.743. The van der Waals surface area contributed by atoms with Gasteiger partial charge in [-0.1, -0.05) is 6.07 Å². The summed E-state index contributed by atoms with van der Waals surface area (Å²) in [5, 5.41) is 3.99. The highest BCUT2D eigenvalue weighted by atomic mass is 16.3. The molecule has 0 radical (unpaired) electrons. The fourth-order valence-electron chi connectivity index (χ4n) is 4.34. The second-order valence-corrected chi connectivity index (χ2v) is 7.66. The van der Waals surface area contributed by atoms with Crippen LogP contribution in [0, 0.1) is 0 Å². The summed E-state index contributed by atoms with van der Waals surface area (Å²) in [5.74, 6) is 0.0500. The summed E-state index contributed by atoms with van der Waals surface area (Å²) in [4.78, 5) is 26.4. The van der Waals surface area contributed by atoms with Gasteiger partial charge in [-0.2, -0.15) is 0 Å². The Morgan fingerprint density at radius 1 is 1.07 bits per heavy atom. The van der Waals surface area contributed by atoms with Crippen molar-refractivity contribution in [1.29, 1.82) is 0 Å². The van der Waals surface area contributed by atoms with E-state index in [1.165, 1.54) is 17.5 Å². The molecule has 5 heteroatoms. The summed E-state index contributed by atoms with van der Waals surface area (Å²) < 4.78 is 5.70. The van der Waals surface area contributed by atoms with Crippen LogP contribution in [-0.4, -0.2) is 18.4 Å². The Bertz CT molecular complexity index is 1080. The van der Waals surface area contributed by atoms with Crippen molar-refractivity contribution in [3.8, 4) is 0 Å². The first-order valence-electron chi connectivity index (χ1n) is 9.89. The largest absolute Gasteiger partial charge is 0.464 e. The monoisotopic (exact) mass is 374 g/mol. The van der Waals surface area contributed by atoms with E-state index in [1.807, 2.05) is 24.3 Å². The third kappa shape index (κ3) is 3.07. The van der Waals surface area contributed by atoms with Crippen LogP contribution in [-0.2, 0) is 28.9 Å². The number of hydrogen-bond acceptors (Lipinski definition) is 3. The fourth-order valence-corrected chi connectivity index (χ4v) is 4.34. The first kappa shape index (κ1) is 17.0. The lowest BCUT2D eigenvalue weighted by Gasteiger charge is -2.16. The van der Waals surface area contributed by atoms with Crippen molar-refractivity contribution < 1.29 is 14.0 Å². The highest BCUT2D eigenvalue weighted by Crippen LogP contribution is 2.31. The van der Waals surface area contributed by atoms with Crippen LogP contribution in [0.4, 0.5) is 11.4 Å². The molecule has 2 heterocycles. The molecule has 3 aromatic rings. The third-order valence-corrected chi connectivity index (χ3v) is 5.73. The molecule has 28 heavy (non-hydrogen) atoms.